The number of hydrogen-bond donors (Lipinski definition) is 2. The van der Waals surface area contributed by atoms with Gasteiger partial charge in [0, 0.05) is 18.2 Å². The largest absolute Gasteiger partial charge is 0.367 e. The van der Waals surface area contributed by atoms with Gasteiger partial charge in [-0.25, -0.2) is 4.98 Å². The lowest BCUT2D eigenvalue weighted by molar-refractivity contribution is 0.221. The van der Waals surface area contributed by atoms with Crippen LogP contribution >= 0.6 is 0 Å². The molecule has 2 aromatic heterocycles. The fourth-order valence-electron chi connectivity index (χ4n) is 4.79. The molecule has 1 fully saturated rings. The molecule has 2 N–H and O–H groups in total. The van der Waals surface area contributed by atoms with Crippen LogP contribution in [0.4, 0.5) is 5.82 Å². The lowest BCUT2D eigenvalue weighted by atomic mass is 10.0. The summed E-state index contributed by atoms with van der Waals surface area (Å²) < 4.78 is 1.58. The second-order valence-electron chi connectivity index (χ2n) is 9.72. The molecule has 4 aromatic rings. The van der Waals surface area contributed by atoms with Crippen molar-refractivity contribution in [3.05, 3.63) is 71.3 Å². The predicted molar refractivity (Wildman–Crippen MR) is 142 cm³/mol. The first-order valence-corrected chi connectivity index (χ1v) is 12.5. The van der Waals surface area contributed by atoms with Crippen molar-refractivity contribution in [2.45, 2.75) is 52.6 Å². The number of nitrogens with one attached hydrogen (secondary N) is 2. The van der Waals surface area contributed by atoms with E-state index < -0.39 is 0 Å². The lowest BCUT2D eigenvalue weighted by Gasteiger charge is -2.26. The van der Waals surface area contributed by atoms with Crippen molar-refractivity contribution >= 4 is 22.7 Å². The number of fused-ring (bicyclic) bond motifs is 1. The zero-order valence-corrected chi connectivity index (χ0v) is 20.8. The molecule has 0 saturated carbocycles. The minimum atomic E-state index is 0.170. The maximum absolute atomic E-state index is 9.00. The van der Waals surface area contributed by atoms with Crippen molar-refractivity contribution in [3.63, 3.8) is 0 Å². The van der Waals surface area contributed by atoms with E-state index in [0.29, 0.717) is 5.82 Å². The summed E-state index contributed by atoms with van der Waals surface area (Å²) in [5.74, 6) is 0.951. The Bertz CT molecular complexity index is 1330. The molecule has 35 heavy (non-hydrogen) atoms. The molecule has 0 unspecified atom stereocenters. The molecule has 0 aliphatic carbocycles. The monoisotopic (exact) mass is 467 g/mol. The van der Waals surface area contributed by atoms with Gasteiger partial charge < -0.3 is 5.32 Å². The van der Waals surface area contributed by atoms with E-state index in [0.717, 1.165) is 40.0 Å². The van der Waals surface area contributed by atoms with Crippen molar-refractivity contribution in [3.8, 4) is 11.3 Å². The fourth-order valence-corrected chi connectivity index (χ4v) is 4.79. The first-order chi connectivity index (χ1) is 17.0. The molecule has 5 rings (SSSR count). The quantitative estimate of drug-likeness (QED) is 0.290. The van der Waals surface area contributed by atoms with Crippen LogP contribution in [0.5, 0.6) is 0 Å². The Morgan fingerprint density at radius 2 is 1.77 bits per heavy atom. The van der Waals surface area contributed by atoms with Crippen molar-refractivity contribution in [2.75, 3.05) is 18.4 Å². The van der Waals surface area contributed by atoms with Crippen LogP contribution in [0.25, 0.3) is 22.3 Å². The molecule has 0 bridgehead atoms. The zero-order chi connectivity index (χ0) is 24.4. The standard InChI is InChI=1S/C28H33N7/c1-19(2)30-28-26(27(29)35-25-10-6-5-9-23(25)32-33-35)20(3)17-24(31-28)22-13-11-21(12-14-22)18-34-15-7-4-8-16-34/h5-6,9-14,17,19,29H,4,7-8,15-16,18H2,1-3H3,(H,30,31). The average Bonchev–Trinajstić information content (AvgIpc) is 3.28. The van der Waals surface area contributed by atoms with Gasteiger partial charge in [-0.2, -0.15) is 4.68 Å². The van der Waals surface area contributed by atoms with Gasteiger partial charge in [0.25, 0.3) is 0 Å². The van der Waals surface area contributed by atoms with E-state index in [2.05, 4.69) is 64.7 Å². The van der Waals surface area contributed by atoms with Crippen molar-refractivity contribution in [2.24, 2.45) is 0 Å². The van der Waals surface area contributed by atoms with Gasteiger partial charge in [-0.1, -0.05) is 48.0 Å². The highest BCUT2D eigenvalue weighted by Gasteiger charge is 2.20. The fraction of sp³-hybridized carbons (Fsp3) is 0.357. The topological polar surface area (TPSA) is 82.7 Å². The minimum absolute atomic E-state index is 0.170. The molecule has 0 radical (unpaired) electrons. The van der Waals surface area contributed by atoms with Gasteiger partial charge in [-0.15, -0.1) is 5.10 Å². The van der Waals surface area contributed by atoms with Crippen molar-refractivity contribution < 1.29 is 0 Å². The Kier molecular flexibility index (Phi) is 6.59. The summed E-state index contributed by atoms with van der Waals surface area (Å²) in [6.07, 6.45) is 3.96. The molecule has 1 aliphatic rings. The lowest BCUT2D eigenvalue weighted by Crippen LogP contribution is -2.29. The van der Waals surface area contributed by atoms with Gasteiger partial charge in [0.05, 0.1) is 16.8 Å². The van der Waals surface area contributed by atoms with E-state index in [-0.39, 0.29) is 11.9 Å². The number of benzene rings is 2. The van der Waals surface area contributed by atoms with Crippen LogP contribution in [0.3, 0.4) is 0 Å². The highest BCUT2D eigenvalue weighted by molar-refractivity contribution is 6.06. The molecule has 2 aromatic carbocycles. The summed E-state index contributed by atoms with van der Waals surface area (Å²) in [4.78, 5) is 7.52. The number of nitrogens with zero attached hydrogens (tertiary/aromatic N) is 5. The maximum Gasteiger partial charge on any atom is 0.159 e. The number of pyridine rings is 1. The molecule has 7 heteroatoms. The smallest absolute Gasteiger partial charge is 0.159 e. The summed E-state index contributed by atoms with van der Waals surface area (Å²) in [6.45, 7) is 9.59. The Morgan fingerprint density at radius 3 is 2.51 bits per heavy atom. The molecule has 1 aliphatic heterocycles. The van der Waals surface area contributed by atoms with E-state index in [4.69, 9.17) is 10.4 Å². The molecule has 0 spiro atoms. The van der Waals surface area contributed by atoms with Crippen molar-refractivity contribution in [1.82, 2.24) is 24.9 Å². The van der Waals surface area contributed by atoms with Crippen LogP contribution in [0.1, 0.15) is 49.8 Å². The zero-order valence-electron chi connectivity index (χ0n) is 20.8. The van der Waals surface area contributed by atoms with E-state index >= 15 is 0 Å². The molecule has 180 valence electrons. The Labute approximate surface area is 206 Å². The van der Waals surface area contributed by atoms with Gasteiger partial charge >= 0.3 is 0 Å². The van der Waals surface area contributed by atoms with Gasteiger partial charge in [-0.3, -0.25) is 10.3 Å². The first kappa shape index (κ1) is 23.2. The molecular weight excluding hydrogens is 434 g/mol. The Balaban J connectivity index is 1.47. The summed E-state index contributed by atoms with van der Waals surface area (Å²) in [6, 6.07) is 18.7. The summed E-state index contributed by atoms with van der Waals surface area (Å²) in [5.41, 5.74) is 6.59. The average molecular weight is 468 g/mol. The molecule has 7 nitrogen and oxygen atoms in total. The van der Waals surface area contributed by atoms with Gasteiger partial charge in [0.15, 0.2) is 5.84 Å². The molecule has 0 atom stereocenters. The highest BCUT2D eigenvalue weighted by Crippen LogP contribution is 2.28. The predicted octanol–water partition coefficient (Wildman–Crippen LogP) is 5.48. The van der Waals surface area contributed by atoms with E-state index in [1.54, 1.807) is 4.68 Å². The third-order valence-corrected chi connectivity index (χ3v) is 6.55. The van der Waals surface area contributed by atoms with Crippen LogP contribution in [-0.2, 0) is 6.54 Å². The van der Waals surface area contributed by atoms with Crippen LogP contribution < -0.4 is 5.32 Å². The van der Waals surface area contributed by atoms with Gasteiger partial charge in [-0.05, 0) is 76.0 Å². The maximum atomic E-state index is 9.00. The van der Waals surface area contributed by atoms with E-state index in [1.165, 1.54) is 37.9 Å². The van der Waals surface area contributed by atoms with Crippen LogP contribution in [-0.4, -0.2) is 49.8 Å². The third kappa shape index (κ3) is 4.95. The number of aromatic nitrogens is 4. The van der Waals surface area contributed by atoms with Crippen molar-refractivity contribution in [1.29, 1.82) is 5.41 Å². The number of para-hydroxylation sites is 1. The molecule has 0 amide bonds. The molecular formula is C28H33N7. The number of hydrogen-bond acceptors (Lipinski definition) is 6. The Morgan fingerprint density at radius 1 is 1.03 bits per heavy atom. The third-order valence-electron chi connectivity index (χ3n) is 6.55. The number of aryl methyl sites for hydroxylation is 1. The minimum Gasteiger partial charge on any atom is -0.367 e. The summed E-state index contributed by atoms with van der Waals surface area (Å²) >= 11 is 0. The Hall–Kier alpha value is -3.58. The molecule has 3 heterocycles. The first-order valence-electron chi connectivity index (χ1n) is 12.5. The summed E-state index contributed by atoms with van der Waals surface area (Å²) in [7, 11) is 0. The van der Waals surface area contributed by atoms with Crippen LogP contribution in [0.2, 0.25) is 0 Å². The van der Waals surface area contributed by atoms with Crippen LogP contribution in [0, 0.1) is 12.3 Å². The second-order valence-corrected chi connectivity index (χ2v) is 9.72. The number of anilines is 1. The number of likely N-dealkylation sites (tertiary alicyclic amines) is 1. The number of rotatable bonds is 6. The van der Waals surface area contributed by atoms with Crippen LogP contribution in [0.15, 0.2) is 54.6 Å². The number of piperidine rings is 1. The normalized spacial score (nSPS) is 14.5. The van der Waals surface area contributed by atoms with Gasteiger partial charge in [0.2, 0.25) is 0 Å². The molecule has 1 saturated heterocycles. The van der Waals surface area contributed by atoms with E-state index in [1.807, 2.05) is 31.2 Å². The summed E-state index contributed by atoms with van der Waals surface area (Å²) in [5, 5.41) is 20.9. The SMILES string of the molecule is Cc1cc(-c2ccc(CN3CCCCC3)cc2)nc(NC(C)C)c1C(=N)n1nnc2ccccc21. The highest BCUT2D eigenvalue weighted by atomic mass is 15.4. The van der Waals surface area contributed by atoms with E-state index in [9.17, 15) is 0 Å². The van der Waals surface area contributed by atoms with Gasteiger partial charge in [0.1, 0.15) is 11.3 Å². The second kappa shape index (κ2) is 9.96.